The lowest BCUT2D eigenvalue weighted by molar-refractivity contribution is 0.711. The Hall–Kier alpha value is -2.06. The van der Waals surface area contributed by atoms with Crippen molar-refractivity contribution in [3.63, 3.8) is 0 Å². The number of hydrogen-bond donors (Lipinski definition) is 0. The van der Waals surface area contributed by atoms with E-state index in [9.17, 15) is 0 Å². The third-order valence-corrected chi connectivity index (χ3v) is 5.21. The van der Waals surface area contributed by atoms with E-state index in [1.807, 2.05) is 13.3 Å². The molecule has 0 fully saturated rings. The van der Waals surface area contributed by atoms with Crippen molar-refractivity contribution < 1.29 is 0 Å². The van der Waals surface area contributed by atoms with E-state index in [-0.39, 0.29) is 0 Å². The van der Waals surface area contributed by atoms with Crippen LogP contribution in [0.5, 0.6) is 0 Å². The SMILES string of the molecule is C=C(C)c1ccc2c(c1)ncn2-c1cccc(CC)c1.CCCC(Cl)CC. The molecule has 3 rings (SSSR count). The summed E-state index contributed by atoms with van der Waals surface area (Å²) in [6, 6.07) is 14.9. The van der Waals surface area contributed by atoms with Crippen LogP contribution in [0.1, 0.15) is 58.1 Å². The fourth-order valence-corrected chi connectivity index (χ4v) is 3.15. The summed E-state index contributed by atoms with van der Waals surface area (Å²) in [7, 11) is 0. The number of benzene rings is 2. The minimum atomic E-state index is 0.421. The van der Waals surface area contributed by atoms with Gasteiger partial charge in [0.25, 0.3) is 0 Å². The van der Waals surface area contributed by atoms with E-state index >= 15 is 0 Å². The molecule has 0 aliphatic carbocycles. The van der Waals surface area contributed by atoms with E-state index < -0.39 is 0 Å². The smallest absolute Gasteiger partial charge is 0.100 e. The molecule has 1 atom stereocenters. The van der Waals surface area contributed by atoms with E-state index in [4.69, 9.17) is 11.6 Å². The normalized spacial score (nSPS) is 11.7. The van der Waals surface area contributed by atoms with Gasteiger partial charge in [-0.05, 0) is 61.6 Å². The Morgan fingerprint density at radius 1 is 1.15 bits per heavy atom. The van der Waals surface area contributed by atoms with Crippen molar-refractivity contribution in [3.05, 3.63) is 66.5 Å². The van der Waals surface area contributed by atoms with Crippen molar-refractivity contribution in [1.82, 2.24) is 9.55 Å². The van der Waals surface area contributed by atoms with Crippen LogP contribution in [-0.4, -0.2) is 14.9 Å². The molecular formula is C24H31ClN2. The van der Waals surface area contributed by atoms with Crippen LogP contribution < -0.4 is 0 Å². The molecule has 27 heavy (non-hydrogen) atoms. The Kier molecular flexibility index (Phi) is 8.12. The number of halogens is 1. The van der Waals surface area contributed by atoms with E-state index in [0.29, 0.717) is 5.38 Å². The topological polar surface area (TPSA) is 17.8 Å². The van der Waals surface area contributed by atoms with Crippen molar-refractivity contribution >= 4 is 28.2 Å². The molecule has 0 bridgehead atoms. The second-order valence-electron chi connectivity index (χ2n) is 6.92. The molecule has 0 aliphatic rings. The standard InChI is InChI=1S/C18H18N2.C6H13Cl/c1-4-14-6-5-7-16(10-14)20-12-19-17-11-15(13(2)3)8-9-18(17)20;1-3-5-6(7)4-2/h5-12H,2,4H2,1,3H3;6H,3-5H2,1-2H3. The number of imidazole rings is 1. The van der Waals surface area contributed by atoms with Gasteiger partial charge in [-0.3, -0.25) is 4.57 Å². The lowest BCUT2D eigenvalue weighted by Gasteiger charge is -2.07. The molecule has 0 spiro atoms. The molecule has 0 radical (unpaired) electrons. The highest BCUT2D eigenvalue weighted by Crippen LogP contribution is 2.22. The number of aryl methyl sites for hydroxylation is 1. The monoisotopic (exact) mass is 382 g/mol. The van der Waals surface area contributed by atoms with Crippen molar-refractivity contribution in [1.29, 1.82) is 0 Å². The molecule has 1 unspecified atom stereocenters. The van der Waals surface area contributed by atoms with E-state index in [2.05, 4.69) is 79.4 Å². The average molecular weight is 383 g/mol. The fourth-order valence-electron chi connectivity index (χ4n) is 2.93. The van der Waals surface area contributed by atoms with Crippen LogP contribution in [-0.2, 0) is 6.42 Å². The van der Waals surface area contributed by atoms with Gasteiger partial charge in [0.05, 0.1) is 11.0 Å². The van der Waals surface area contributed by atoms with Gasteiger partial charge in [0, 0.05) is 11.1 Å². The summed E-state index contributed by atoms with van der Waals surface area (Å²) in [6.45, 7) is 12.4. The second kappa shape index (κ2) is 10.3. The van der Waals surface area contributed by atoms with Crippen LogP contribution in [0.2, 0.25) is 0 Å². The number of fused-ring (bicyclic) bond motifs is 1. The van der Waals surface area contributed by atoms with Gasteiger partial charge in [-0.25, -0.2) is 4.98 Å². The molecule has 0 amide bonds. The van der Waals surface area contributed by atoms with Gasteiger partial charge in [-0.15, -0.1) is 11.6 Å². The lowest BCUT2D eigenvalue weighted by Crippen LogP contribution is -1.93. The fraction of sp³-hybridized carbons (Fsp3) is 0.375. The molecular weight excluding hydrogens is 352 g/mol. The van der Waals surface area contributed by atoms with Crippen LogP contribution in [0.15, 0.2) is 55.4 Å². The molecule has 3 heteroatoms. The molecule has 1 aromatic heterocycles. The van der Waals surface area contributed by atoms with Crippen LogP contribution in [0.3, 0.4) is 0 Å². The van der Waals surface area contributed by atoms with Gasteiger partial charge in [-0.1, -0.05) is 57.5 Å². The Morgan fingerprint density at radius 3 is 2.52 bits per heavy atom. The zero-order chi connectivity index (χ0) is 19.8. The summed E-state index contributed by atoms with van der Waals surface area (Å²) >= 11 is 5.77. The highest BCUT2D eigenvalue weighted by atomic mass is 35.5. The molecule has 0 aliphatic heterocycles. The molecule has 144 valence electrons. The van der Waals surface area contributed by atoms with Crippen LogP contribution in [0.25, 0.3) is 22.3 Å². The minimum absolute atomic E-state index is 0.421. The average Bonchev–Trinajstić information content (AvgIpc) is 3.12. The number of alkyl halides is 1. The Balaban J connectivity index is 0.000000321. The van der Waals surface area contributed by atoms with E-state index in [0.717, 1.165) is 47.1 Å². The highest BCUT2D eigenvalue weighted by molar-refractivity contribution is 6.20. The predicted molar refractivity (Wildman–Crippen MR) is 120 cm³/mol. The molecule has 0 N–H and O–H groups in total. The summed E-state index contributed by atoms with van der Waals surface area (Å²) in [4.78, 5) is 4.52. The summed E-state index contributed by atoms with van der Waals surface area (Å²) in [5.74, 6) is 0. The first kappa shape index (κ1) is 21.2. The maximum absolute atomic E-state index is 5.77. The summed E-state index contributed by atoms with van der Waals surface area (Å²) < 4.78 is 2.14. The van der Waals surface area contributed by atoms with Gasteiger partial charge in [0.2, 0.25) is 0 Å². The first-order chi connectivity index (χ1) is 13.0. The second-order valence-corrected chi connectivity index (χ2v) is 7.53. The van der Waals surface area contributed by atoms with Crippen molar-refractivity contribution in [2.45, 2.75) is 58.8 Å². The lowest BCUT2D eigenvalue weighted by atomic mass is 10.1. The summed E-state index contributed by atoms with van der Waals surface area (Å²) in [6.07, 6.45) is 6.41. The Morgan fingerprint density at radius 2 is 1.93 bits per heavy atom. The maximum atomic E-state index is 5.77. The van der Waals surface area contributed by atoms with Gasteiger partial charge in [-0.2, -0.15) is 0 Å². The van der Waals surface area contributed by atoms with E-state index in [1.165, 1.54) is 12.0 Å². The third-order valence-electron chi connectivity index (χ3n) is 4.68. The molecule has 2 nitrogen and oxygen atoms in total. The molecule has 1 heterocycles. The number of hydrogen-bond acceptors (Lipinski definition) is 1. The Labute approximate surface area is 168 Å². The number of aromatic nitrogens is 2. The van der Waals surface area contributed by atoms with Gasteiger partial charge in [0.15, 0.2) is 0 Å². The molecule has 0 saturated heterocycles. The van der Waals surface area contributed by atoms with Crippen LogP contribution in [0, 0.1) is 0 Å². The largest absolute Gasteiger partial charge is 0.299 e. The van der Waals surface area contributed by atoms with Gasteiger partial charge in [0.1, 0.15) is 6.33 Å². The quantitative estimate of drug-likeness (QED) is 0.405. The summed E-state index contributed by atoms with van der Waals surface area (Å²) in [5.41, 5.74) is 6.84. The number of rotatable bonds is 6. The van der Waals surface area contributed by atoms with Crippen molar-refractivity contribution in [2.75, 3.05) is 0 Å². The van der Waals surface area contributed by atoms with Crippen LogP contribution >= 0.6 is 11.6 Å². The van der Waals surface area contributed by atoms with Gasteiger partial charge >= 0.3 is 0 Å². The number of nitrogens with zero attached hydrogens (tertiary/aromatic N) is 2. The minimum Gasteiger partial charge on any atom is -0.299 e. The van der Waals surface area contributed by atoms with Crippen molar-refractivity contribution in [2.24, 2.45) is 0 Å². The Bertz CT molecular complexity index is 879. The first-order valence-electron chi connectivity index (χ1n) is 9.86. The van der Waals surface area contributed by atoms with Gasteiger partial charge < -0.3 is 0 Å². The third kappa shape index (κ3) is 5.71. The van der Waals surface area contributed by atoms with E-state index in [1.54, 1.807) is 0 Å². The molecule has 0 saturated carbocycles. The number of allylic oxidation sites excluding steroid dienone is 1. The summed E-state index contributed by atoms with van der Waals surface area (Å²) in [5, 5.41) is 0.421. The molecule has 2 aromatic carbocycles. The highest BCUT2D eigenvalue weighted by Gasteiger charge is 2.06. The molecule has 3 aromatic rings. The maximum Gasteiger partial charge on any atom is 0.100 e. The zero-order valence-corrected chi connectivity index (χ0v) is 17.8. The predicted octanol–water partition coefficient (Wildman–Crippen LogP) is 7.42. The van der Waals surface area contributed by atoms with Crippen molar-refractivity contribution in [3.8, 4) is 5.69 Å². The zero-order valence-electron chi connectivity index (χ0n) is 17.0. The van der Waals surface area contributed by atoms with Crippen LogP contribution in [0.4, 0.5) is 0 Å². The first-order valence-corrected chi connectivity index (χ1v) is 10.3.